The van der Waals surface area contributed by atoms with Gasteiger partial charge < -0.3 is 14.4 Å². The number of hydrogen-bond acceptors (Lipinski definition) is 5. The quantitative estimate of drug-likeness (QED) is 0.752. The number of carbonyl (C=O) groups excluding carboxylic acids is 1. The van der Waals surface area contributed by atoms with E-state index in [1.165, 1.54) is 0 Å². The molecule has 7 heteroatoms. The van der Waals surface area contributed by atoms with E-state index in [9.17, 15) is 4.79 Å². The fourth-order valence-corrected chi connectivity index (χ4v) is 3.13. The number of hydrogen-bond donors (Lipinski definition) is 0. The molecule has 26 heavy (non-hydrogen) atoms. The van der Waals surface area contributed by atoms with Gasteiger partial charge in [0.2, 0.25) is 0 Å². The number of carbonyl (C=O) groups is 1. The van der Waals surface area contributed by atoms with Crippen molar-refractivity contribution in [2.45, 2.75) is 6.54 Å². The molecule has 0 aliphatic carbocycles. The van der Waals surface area contributed by atoms with Gasteiger partial charge in [-0.15, -0.1) is 0 Å². The summed E-state index contributed by atoms with van der Waals surface area (Å²) in [7, 11) is 3.14. The fourth-order valence-electron chi connectivity index (χ4n) is 3.02. The van der Waals surface area contributed by atoms with Crippen LogP contribution in [0.3, 0.4) is 0 Å². The Morgan fingerprint density at radius 1 is 1.08 bits per heavy atom. The summed E-state index contributed by atoms with van der Waals surface area (Å²) in [6.45, 7) is 3.83. The van der Waals surface area contributed by atoms with Gasteiger partial charge in [-0.05, 0) is 29.8 Å². The molecule has 0 unspecified atom stereocenters. The van der Waals surface area contributed by atoms with Crippen molar-refractivity contribution in [1.82, 2.24) is 14.8 Å². The second-order valence-electron chi connectivity index (χ2n) is 6.13. The Morgan fingerprint density at radius 3 is 2.42 bits per heavy atom. The zero-order valence-electron chi connectivity index (χ0n) is 14.9. The molecule has 2 aromatic rings. The molecule has 0 radical (unpaired) electrons. The fraction of sp³-hybridized carbons (Fsp3) is 0.368. The van der Waals surface area contributed by atoms with E-state index in [0.29, 0.717) is 35.3 Å². The Bertz CT molecular complexity index is 759. The number of pyridine rings is 1. The second-order valence-corrected chi connectivity index (χ2v) is 6.51. The second kappa shape index (κ2) is 8.38. The van der Waals surface area contributed by atoms with Crippen LogP contribution in [-0.2, 0) is 6.54 Å². The Balaban J connectivity index is 1.59. The number of amides is 1. The van der Waals surface area contributed by atoms with Gasteiger partial charge in [-0.2, -0.15) is 0 Å². The maximum atomic E-state index is 12.8. The summed E-state index contributed by atoms with van der Waals surface area (Å²) < 4.78 is 10.5. The molecular formula is C19H22ClN3O3. The standard InChI is InChI=1S/C19H22ClN3O3/c1-25-16-5-4-15(11-17(16)26-2)19(24)23-9-7-22(8-10-23)13-14-3-6-18(20)21-12-14/h3-6,11-12H,7-10,13H2,1-2H3. The molecule has 3 rings (SSSR count). The molecule has 138 valence electrons. The van der Waals surface area contributed by atoms with Crippen LogP contribution in [0.25, 0.3) is 0 Å². The van der Waals surface area contributed by atoms with Crippen LogP contribution in [0.5, 0.6) is 11.5 Å². The summed E-state index contributed by atoms with van der Waals surface area (Å²) in [6.07, 6.45) is 1.80. The van der Waals surface area contributed by atoms with Crippen molar-refractivity contribution in [3.63, 3.8) is 0 Å². The van der Waals surface area contributed by atoms with Gasteiger partial charge in [-0.1, -0.05) is 17.7 Å². The SMILES string of the molecule is COc1ccc(C(=O)N2CCN(Cc3ccc(Cl)nc3)CC2)cc1OC. The monoisotopic (exact) mass is 375 g/mol. The third kappa shape index (κ3) is 4.26. The molecule has 2 heterocycles. The van der Waals surface area contributed by atoms with E-state index in [0.717, 1.165) is 25.2 Å². The number of halogens is 1. The number of rotatable bonds is 5. The van der Waals surface area contributed by atoms with Crippen LogP contribution in [0.4, 0.5) is 0 Å². The molecule has 1 amide bonds. The Morgan fingerprint density at radius 2 is 1.81 bits per heavy atom. The van der Waals surface area contributed by atoms with Gasteiger partial charge in [-0.25, -0.2) is 4.98 Å². The average molecular weight is 376 g/mol. The third-order valence-electron chi connectivity index (χ3n) is 4.48. The maximum absolute atomic E-state index is 12.8. The van der Waals surface area contributed by atoms with Crippen molar-refractivity contribution in [3.8, 4) is 11.5 Å². The molecule has 1 aromatic heterocycles. The van der Waals surface area contributed by atoms with Crippen LogP contribution >= 0.6 is 11.6 Å². The van der Waals surface area contributed by atoms with Gasteiger partial charge in [-0.3, -0.25) is 9.69 Å². The first kappa shape index (κ1) is 18.5. The molecule has 1 aliphatic rings. The van der Waals surface area contributed by atoms with Crippen LogP contribution in [0, 0.1) is 0 Å². The van der Waals surface area contributed by atoms with Crippen LogP contribution in [0.15, 0.2) is 36.5 Å². The molecule has 0 N–H and O–H groups in total. The summed E-state index contributed by atoms with van der Waals surface area (Å²) in [6, 6.07) is 9.04. The van der Waals surface area contributed by atoms with Gasteiger partial charge in [0.15, 0.2) is 11.5 Å². The lowest BCUT2D eigenvalue weighted by atomic mass is 10.1. The predicted molar refractivity (Wildman–Crippen MR) is 100.0 cm³/mol. The van der Waals surface area contributed by atoms with Gasteiger partial charge in [0, 0.05) is 44.5 Å². The van der Waals surface area contributed by atoms with E-state index >= 15 is 0 Å². The highest BCUT2D eigenvalue weighted by Crippen LogP contribution is 2.28. The summed E-state index contributed by atoms with van der Waals surface area (Å²) in [5.74, 6) is 1.19. The van der Waals surface area contributed by atoms with Gasteiger partial charge >= 0.3 is 0 Å². The summed E-state index contributed by atoms with van der Waals surface area (Å²) in [4.78, 5) is 21.0. The normalized spacial score (nSPS) is 15.0. The Hall–Kier alpha value is -2.31. The van der Waals surface area contributed by atoms with Crippen molar-refractivity contribution in [2.75, 3.05) is 40.4 Å². The molecule has 0 spiro atoms. The lowest BCUT2D eigenvalue weighted by Crippen LogP contribution is -2.48. The highest BCUT2D eigenvalue weighted by Gasteiger charge is 2.23. The van der Waals surface area contributed by atoms with E-state index in [2.05, 4.69) is 9.88 Å². The van der Waals surface area contributed by atoms with E-state index < -0.39 is 0 Å². The lowest BCUT2D eigenvalue weighted by molar-refractivity contribution is 0.0628. The number of piperazine rings is 1. The van der Waals surface area contributed by atoms with Crippen molar-refractivity contribution < 1.29 is 14.3 Å². The number of benzene rings is 1. The first-order valence-corrected chi connectivity index (χ1v) is 8.82. The summed E-state index contributed by atoms with van der Waals surface area (Å²) in [5, 5.41) is 0.499. The lowest BCUT2D eigenvalue weighted by Gasteiger charge is -2.34. The third-order valence-corrected chi connectivity index (χ3v) is 4.71. The average Bonchev–Trinajstić information content (AvgIpc) is 2.69. The van der Waals surface area contributed by atoms with Crippen LogP contribution in [-0.4, -0.2) is 61.1 Å². The summed E-state index contributed by atoms with van der Waals surface area (Å²) in [5.41, 5.74) is 1.73. The highest BCUT2D eigenvalue weighted by molar-refractivity contribution is 6.29. The molecule has 1 aliphatic heterocycles. The van der Waals surface area contributed by atoms with Gasteiger partial charge in [0.05, 0.1) is 14.2 Å². The van der Waals surface area contributed by atoms with E-state index in [1.807, 2.05) is 11.0 Å². The molecule has 1 aromatic carbocycles. The minimum atomic E-state index is 0.0127. The summed E-state index contributed by atoms with van der Waals surface area (Å²) >= 11 is 5.82. The minimum absolute atomic E-state index is 0.0127. The van der Waals surface area contributed by atoms with Crippen LogP contribution in [0.1, 0.15) is 15.9 Å². The highest BCUT2D eigenvalue weighted by atomic mass is 35.5. The zero-order valence-corrected chi connectivity index (χ0v) is 15.7. The largest absolute Gasteiger partial charge is 0.493 e. The molecule has 0 bridgehead atoms. The van der Waals surface area contributed by atoms with Gasteiger partial charge in [0.25, 0.3) is 5.91 Å². The van der Waals surface area contributed by atoms with E-state index in [-0.39, 0.29) is 5.91 Å². The number of aromatic nitrogens is 1. The number of methoxy groups -OCH3 is 2. The van der Waals surface area contributed by atoms with Crippen molar-refractivity contribution in [1.29, 1.82) is 0 Å². The van der Waals surface area contributed by atoms with Crippen LogP contribution in [0.2, 0.25) is 5.15 Å². The van der Waals surface area contributed by atoms with Gasteiger partial charge in [0.1, 0.15) is 5.15 Å². The molecule has 1 saturated heterocycles. The topological polar surface area (TPSA) is 54.9 Å². The minimum Gasteiger partial charge on any atom is -0.493 e. The van der Waals surface area contributed by atoms with Crippen LogP contribution < -0.4 is 9.47 Å². The smallest absolute Gasteiger partial charge is 0.254 e. The molecular weight excluding hydrogens is 354 g/mol. The molecule has 6 nitrogen and oxygen atoms in total. The number of ether oxygens (including phenoxy) is 2. The van der Waals surface area contributed by atoms with E-state index in [4.69, 9.17) is 21.1 Å². The molecule has 1 fully saturated rings. The van der Waals surface area contributed by atoms with E-state index in [1.54, 1.807) is 44.7 Å². The first-order valence-electron chi connectivity index (χ1n) is 8.45. The molecule has 0 saturated carbocycles. The van der Waals surface area contributed by atoms with Crippen molar-refractivity contribution in [2.24, 2.45) is 0 Å². The Labute approximate surface area is 158 Å². The Kier molecular flexibility index (Phi) is 5.96. The van der Waals surface area contributed by atoms with Crippen molar-refractivity contribution in [3.05, 3.63) is 52.8 Å². The molecule has 0 atom stereocenters. The number of nitrogens with zero attached hydrogens (tertiary/aromatic N) is 3. The zero-order chi connectivity index (χ0) is 18.5. The first-order chi connectivity index (χ1) is 12.6. The maximum Gasteiger partial charge on any atom is 0.254 e. The van der Waals surface area contributed by atoms with Crippen molar-refractivity contribution >= 4 is 17.5 Å². The predicted octanol–water partition coefficient (Wildman–Crippen LogP) is 2.71.